The molecular weight excluding hydrogens is 308 g/mol. The number of nitrogens with one attached hydrogen (secondary N) is 2. The Hall–Kier alpha value is -0.340. The molecule has 0 aromatic heterocycles. The van der Waals surface area contributed by atoms with Gasteiger partial charge in [-0.3, -0.25) is 0 Å². The highest BCUT2D eigenvalue weighted by Crippen LogP contribution is 2.41. The molecule has 1 fully saturated rings. The Morgan fingerprint density at radius 1 is 1.07 bits per heavy atom. The summed E-state index contributed by atoms with van der Waals surface area (Å²) in [5.74, 6) is 0. The van der Waals surface area contributed by atoms with Crippen molar-refractivity contribution in [2.45, 2.75) is 11.8 Å². The Balaban J connectivity index is 2.36. The van der Waals surface area contributed by atoms with Gasteiger partial charge in [-0.05, 0) is 40.3 Å². The Bertz CT molecular complexity index is 343. The van der Waals surface area contributed by atoms with E-state index in [0.717, 1.165) is 3.57 Å². The lowest BCUT2D eigenvalue weighted by Gasteiger charge is -2.15. The average molecular weight is 314 g/mol. The van der Waals surface area contributed by atoms with E-state index in [1.807, 2.05) is 22.6 Å². The highest BCUT2D eigenvalue weighted by molar-refractivity contribution is 14.1. The third-order valence-electron chi connectivity index (χ3n) is 2.08. The second kappa shape index (κ2) is 3.07. The SMILES string of the molecule is FC(F)(F)C1(c2ccc(I)cc2)NN1. The fraction of sp³-hybridized carbons (Fsp3) is 0.250. The fourth-order valence-corrected chi connectivity index (χ4v) is 1.57. The highest BCUT2D eigenvalue weighted by Gasteiger charge is 2.65. The summed E-state index contributed by atoms with van der Waals surface area (Å²) in [4.78, 5) is 0. The molecule has 2 rings (SSSR count). The normalized spacial score (nSPS) is 19.4. The van der Waals surface area contributed by atoms with Crippen LogP contribution in [0.1, 0.15) is 5.56 Å². The minimum atomic E-state index is -4.32. The molecule has 76 valence electrons. The van der Waals surface area contributed by atoms with Gasteiger partial charge in [0.25, 0.3) is 0 Å². The summed E-state index contributed by atoms with van der Waals surface area (Å²) in [5, 5.41) is 0. The molecule has 1 aliphatic heterocycles. The summed E-state index contributed by atoms with van der Waals surface area (Å²) in [7, 11) is 0. The maximum Gasteiger partial charge on any atom is 0.426 e. The molecule has 0 bridgehead atoms. The Morgan fingerprint density at radius 2 is 1.57 bits per heavy atom. The number of hydrazine groups is 1. The summed E-state index contributed by atoms with van der Waals surface area (Å²) in [5.41, 5.74) is 2.45. The summed E-state index contributed by atoms with van der Waals surface area (Å²) in [6.07, 6.45) is -4.32. The summed E-state index contributed by atoms with van der Waals surface area (Å²) < 4.78 is 38.6. The van der Waals surface area contributed by atoms with Crippen molar-refractivity contribution < 1.29 is 13.2 Å². The van der Waals surface area contributed by atoms with Crippen LogP contribution in [0.5, 0.6) is 0 Å². The lowest BCUT2D eigenvalue weighted by Crippen LogP contribution is -2.34. The van der Waals surface area contributed by atoms with Gasteiger partial charge in [0.05, 0.1) is 0 Å². The molecule has 0 amide bonds. The number of hydrogen-bond acceptors (Lipinski definition) is 2. The van der Waals surface area contributed by atoms with Crippen molar-refractivity contribution in [2.75, 3.05) is 0 Å². The smallest absolute Gasteiger partial charge is 0.223 e. The Labute approximate surface area is 92.0 Å². The van der Waals surface area contributed by atoms with Crippen LogP contribution in [0, 0.1) is 3.57 Å². The van der Waals surface area contributed by atoms with E-state index in [0.29, 0.717) is 0 Å². The van der Waals surface area contributed by atoms with E-state index in [1.165, 1.54) is 12.1 Å². The molecule has 1 aromatic rings. The Morgan fingerprint density at radius 3 is 1.93 bits per heavy atom. The molecule has 0 radical (unpaired) electrons. The molecule has 2 N–H and O–H groups in total. The molecule has 1 heterocycles. The van der Waals surface area contributed by atoms with E-state index in [1.54, 1.807) is 12.1 Å². The molecule has 1 saturated heterocycles. The van der Waals surface area contributed by atoms with E-state index in [9.17, 15) is 13.2 Å². The maximum atomic E-state index is 12.6. The lowest BCUT2D eigenvalue weighted by atomic mass is 10.0. The Kier molecular flexibility index (Phi) is 2.24. The fourth-order valence-electron chi connectivity index (χ4n) is 1.21. The minimum Gasteiger partial charge on any atom is -0.223 e. The van der Waals surface area contributed by atoms with Crippen molar-refractivity contribution in [2.24, 2.45) is 0 Å². The van der Waals surface area contributed by atoms with Crippen LogP contribution >= 0.6 is 22.6 Å². The van der Waals surface area contributed by atoms with Crippen LogP contribution in [0.4, 0.5) is 13.2 Å². The molecular formula is C8H6F3IN2. The van der Waals surface area contributed by atoms with Crippen molar-refractivity contribution in [3.8, 4) is 0 Å². The highest BCUT2D eigenvalue weighted by atomic mass is 127. The van der Waals surface area contributed by atoms with E-state index < -0.39 is 11.8 Å². The predicted octanol–water partition coefficient (Wildman–Crippen LogP) is 2.11. The molecule has 0 atom stereocenters. The third kappa shape index (κ3) is 1.51. The van der Waals surface area contributed by atoms with Crippen molar-refractivity contribution in [3.05, 3.63) is 33.4 Å². The van der Waals surface area contributed by atoms with Gasteiger partial charge in [0.1, 0.15) is 0 Å². The summed E-state index contributed by atoms with van der Waals surface area (Å²) >= 11 is 2.04. The first kappa shape index (κ1) is 10.2. The lowest BCUT2D eigenvalue weighted by molar-refractivity contribution is -0.165. The molecule has 0 spiro atoms. The first-order valence-corrected chi connectivity index (χ1v) is 4.91. The van der Waals surface area contributed by atoms with Crippen LogP contribution in [0.15, 0.2) is 24.3 Å². The van der Waals surface area contributed by atoms with Gasteiger partial charge < -0.3 is 0 Å². The average Bonchev–Trinajstić information content (AvgIpc) is 2.84. The predicted molar refractivity (Wildman–Crippen MR) is 53.2 cm³/mol. The third-order valence-corrected chi connectivity index (χ3v) is 2.80. The van der Waals surface area contributed by atoms with Crippen LogP contribution in [-0.4, -0.2) is 6.18 Å². The largest absolute Gasteiger partial charge is 0.426 e. The second-order valence-corrected chi connectivity index (χ2v) is 4.25. The van der Waals surface area contributed by atoms with Gasteiger partial charge >= 0.3 is 6.18 Å². The van der Waals surface area contributed by atoms with E-state index in [-0.39, 0.29) is 5.56 Å². The van der Waals surface area contributed by atoms with Gasteiger partial charge in [-0.2, -0.15) is 13.2 Å². The number of rotatable bonds is 1. The monoisotopic (exact) mass is 314 g/mol. The van der Waals surface area contributed by atoms with Crippen LogP contribution in [0.3, 0.4) is 0 Å². The number of hydrogen-bond donors (Lipinski definition) is 2. The van der Waals surface area contributed by atoms with Crippen LogP contribution in [0.25, 0.3) is 0 Å². The van der Waals surface area contributed by atoms with E-state index in [2.05, 4.69) is 10.9 Å². The summed E-state index contributed by atoms with van der Waals surface area (Å²) in [6.45, 7) is 0. The number of benzene rings is 1. The molecule has 2 nitrogen and oxygen atoms in total. The molecule has 0 aliphatic carbocycles. The molecule has 1 aliphatic rings. The zero-order valence-corrected chi connectivity index (χ0v) is 8.98. The zero-order chi connectivity index (χ0) is 10.4. The number of alkyl halides is 3. The second-order valence-electron chi connectivity index (χ2n) is 3.00. The van der Waals surface area contributed by atoms with Gasteiger partial charge in [0, 0.05) is 3.57 Å². The molecule has 0 unspecified atom stereocenters. The van der Waals surface area contributed by atoms with Crippen LogP contribution < -0.4 is 10.9 Å². The van der Waals surface area contributed by atoms with Crippen molar-refractivity contribution >= 4 is 22.6 Å². The van der Waals surface area contributed by atoms with Gasteiger partial charge in [0.15, 0.2) is 0 Å². The van der Waals surface area contributed by atoms with Crippen LogP contribution in [-0.2, 0) is 5.66 Å². The number of halogens is 4. The zero-order valence-electron chi connectivity index (χ0n) is 6.82. The van der Waals surface area contributed by atoms with Crippen molar-refractivity contribution in [1.29, 1.82) is 0 Å². The van der Waals surface area contributed by atoms with Gasteiger partial charge in [-0.25, -0.2) is 10.9 Å². The molecule has 1 aromatic carbocycles. The quantitative estimate of drug-likeness (QED) is 0.616. The van der Waals surface area contributed by atoms with Crippen molar-refractivity contribution in [1.82, 2.24) is 10.9 Å². The van der Waals surface area contributed by atoms with Crippen molar-refractivity contribution in [3.63, 3.8) is 0 Å². The minimum absolute atomic E-state index is 0.186. The molecule has 14 heavy (non-hydrogen) atoms. The van der Waals surface area contributed by atoms with Crippen LogP contribution in [0.2, 0.25) is 0 Å². The van der Waals surface area contributed by atoms with Gasteiger partial charge in [-0.1, -0.05) is 12.1 Å². The van der Waals surface area contributed by atoms with E-state index in [4.69, 9.17) is 0 Å². The molecule has 0 saturated carbocycles. The standard InChI is InChI=1S/C8H6F3IN2/c9-8(10,11)7(13-14-7)5-1-3-6(12)4-2-5/h1-4,13-14H. The van der Waals surface area contributed by atoms with Gasteiger partial charge in [0.2, 0.25) is 5.66 Å². The topological polar surface area (TPSA) is 43.9 Å². The first-order chi connectivity index (χ1) is 6.46. The maximum absolute atomic E-state index is 12.6. The van der Waals surface area contributed by atoms with Gasteiger partial charge in [-0.15, -0.1) is 0 Å². The van der Waals surface area contributed by atoms with E-state index >= 15 is 0 Å². The first-order valence-electron chi connectivity index (χ1n) is 3.83. The summed E-state index contributed by atoms with van der Waals surface area (Å²) in [6, 6.07) is 6.21. The molecule has 6 heteroatoms.